The van der Waals surface area contributed by atoms with Gasteiger partial charge in [0.25, 0.3) is 0 Å². The molecule has 0 saturated carbocycles. The summed E-state index contributed by atoms with van der Waals surface area (Å²) >= 11 is 0. The fourth-order valence-corrected chi connectivity index (χ4v) is 11.0. The van der Waals surface area contributed by atoms with Gasteiger partial charge in [-0.25, -0.2) is 4.98 Å². The zero-order chi connectivity index (χ0) is 52.6. The van der Waals surface area contributed by atoms with Crippen LogP contribution in [0.4, 0.5) is 22.7 Å². The zero-order valence-corrected chi connectivity index (χ0v) is 46.6. The van der Waals surface area contributed by atoms with Gasteiger partial charge in [0.2, 0.25) is 0 Å². The highest BCUT2D eigenvalue weighted by atomic mass is 16.5. The largest absolute Gasteiger partial charge is 0.457 e. The second-order valence-electron chi connectivity index (χ2n) is 25.1. The number of rotatable bonds is 10. The smallest absolute Gasteiger partial charge is 0.137 e. The van der Waals surface area contributed by atoms with Crippen LogP contribution in [0.2, 0.25) is 0 Å². The van der Waals surface area contributed by atoms with Crippen LogP contribution in [-0.2, 0) is 21.7 Å². The van der Waals surface area contributed by atoms with E-state index in [4.69, 9.17) is 9.72 Å². The van der Waals surface area contributed by atoms with Crippen molar-refractivity contribution in [1.82, 2.24) is 9.55 Å². The number of hydrogen-bond acceptors (Lipinski definition) is 4. The van der Waals surface area contributed by atoms with Gasteiger partial charge in [0, 0.05) is 45.9 Å². The lowest BCUT2D eigenvalue weighted by Gasteiger charge is -2.32. The fourth-order valence-electron chi connectivity index (χ4n) is 11.0. The van der Waals surface area contributed by atoms with Gasteiger partial charge in [-0.3, -0.25) is 4.57 Å². The van der Waals surface area contributed by atoms with E-state index in [1.807, 2.05) is 6.20 Å². The Balaban J connectivity index is 1.14. The zero-order valence-electron chi connectivity index (χ0n) is 46.6. The minimum Gasteiger partial charge on any atom is -0.457 e. The Morgan fingerprint density at radius 3 is 1.66 bits per heavy atom. The highest BCUT2D eigenvalue weighted by molar-refractivity contribution is 6.10. The molecule has 0 bridgehead atoms. The van der Waals surface area contributed by atoms with E-state index in [1.54, 1.807) is 0 Å². The van der Waals surface area contributed by atoms with Crippen LogP contribution in [0, 0.1) is 0 Å². The first-order valence-corrected chi connectivity index (χ1v) is 26.8. The molecule has 10 rings (SSSR count). The molecule has 0 atom stereocenters. The van der Waals surface area contributed by atoms with Crippen LogP contribution in [0.15, 0.2) is 164 Å². The molecule has 9 aromatic rings. The average Bonchev–Trinajstić information content (AvgIpc) is 3.91. The van der Waals surface area contributed by atoms with Crippen LogP contribution in [0.25, 0.3) is 38.8 Å². The molecule has 0 radical (unpaired) electrons. The Morgan fingerprint density at radius 1 is 0.446 bits per heavy atom. The fraction of sp³-hybridized carbons (Fsp3) is 0.319. The first-order valence-electron chi connectivity index (χ1n) is 26.8. The summed E-state index contributed by atoms with van der Waals surface area (Å²) in [6.07, 6.45) is 1.95. The third-order valence-corrected chi connectivity index (χ3v) is 15.6. The quantitative estimate of drug-likeness (QED) is 0.137. The van der Waals surface area contributed by atoms with Crippen molar-refractivity contribution in [3.63, 3.8) is 0 Å². The van der Waals surface area contributed by atoms with Gasteiger partial charge in [-0.15, -0.1) is 0 Å². The van der Waals surface area contributed by atoms with Gasteiger partial charge >= 0.3 is 0 Å². The SMILES string of the molecule is CC(C)c1cccc(C(C)C)c1-c1cc(Oc2ccc3c4cc(C(C)(C)C)ccc4n(-c4cc(C(C)(C)C)ccn4)c3c2)cc(N2CN(c3cc(C(C)(C)C)cc(C(C)(C)c4ccccc4)c3)c3ccccc32)c1. The molecule has 5 nitrogen and oxygen atoms in total. The van der Waals surface area contributed by atoms with Crippen LogP contribution in [0.3, 0.4) is 0 Å². The molecule has 3 heterocycles. The second kappa shape index (κ2) is 18.7. The Bertz CT molecular complexity index is 3530. The lowest BCUT2D eigenvalue weighted by Crippen LogP contribution is -2.26. The number of benzene rings is 7. The summed E-state index contributed by atoms with van der Waals surface area (Å²) in [4.78, 5) is 10.0. The number of para-hydroxylation sites is 2. The van der Waals surface area contributed by atoms with E-state index in [-0.39, 0.29) is 21.7 Å². The Kier molecular flexibility index (Phi) is 12.7. The van der Waals surface area contributed by atoms with Crippen molar-refractivity contribution in [1.29, 1.82) is 0 Å². The Morgan fingerprint density at radius 2 is 1.04 bits per heavy atom. The predicted molar refractivity (Wildman–Crippen MR) is 315 cm³/mol. The Hall–Kier alpha value is -7.11. The van der Waals surface area contributed by atoms with E-state index in [1.165, 1.54) is 66.7 Å². The monoisotopic (exact) mass is 977 g/mol. The molecule has 0 unspecified atom stereocenters. The molecule has 7 aromatic carbocycles. The van der Waals surface area contributed by atoms with Gasteiger partial charge in [-0.1, -0.05) is 177 Å². The standard InChI is InChI=1S/C69H76N4O/c1-44(2)56-24-21-25-57(45(3)4)65(56)46-34-52(71-43-72(62-27-20-19-26-61(62)71)53-37-50(68(11,12)13)36-51(38-53)69(14,15)47-22-17-16-18-23-47)41-55(35-46)74-54-29-30-58-59-39-48(66(5,6)7)28-31-60(59)73(63(58)42-54)64-40-49(32-33-70-64)67(8,9)10/h16-42,44-45H,43H2,1-15H3. The number of nitrogens with zero attached hydrogens (tertiary/aromatic N) is 4. The van der Waals surface area contributed by atoms with Gasteiger partial charge in [0.05, 0.1) is 22.4 Å². The molecular formula is C69H76N4O. The molecule has 0 saturated heterocycles. The molecular weight excluding hydrogens is 901 g/mol. The third kappa shape index (κ3) is 9.40. The third-order valence-electron chi connectivity index (χ3n) is 15.6. The minimum absolute atomic E-state index is 0.00596. The first-order chi connectivity index (χ1) is 35.0. The summed E-state index contributed by atoms with van der Waals surface area (Å²) in [6, 6.07) is 58.8. The summed E-state index contributed by atoms with van der Waals surface area (Å²) in [5, 5.41) is 2.38. The van der Waals surface area contributed by atoms with Crippen molar-refractivity contribution in [2.45, 2.75) is 137 Å². The van der Waals surface area contributed by atoms with E-state index in [2.05, 4.69) is 276 Å². The number of aromatic nitrogens is 2. The van der Waals surface area contributed by atoms with E-state index in [0.717, 1.165) is 45.3 Å². The molecule has 5 heteroatoms. The maximum absolute atomic E-state index is 7.27. The molecule has 0 spiro atoms. The maximum Gasteiger partial charge on any atom is 0.137 e. The van der Waals surface area contributed by atoms with Gasteiger partial charge < -0.3 is 14.5 Å². The lowest BCUT2D eigenvalue weighted by atomic mass is 9.75. The van der Waals surface area contributed by atoms with Crippen LogP contribution >= 0.6 is 0 Å². The van der Waals surface area contributed by atoms with Crippen molar-refractivity contribution in [2.24, 2.45) is 0 Å². The molecule has 378 valence electrons. The van der Waals surface area contributed by atoms with Crippen molar-refractivity contribution < 1.29 is 4.74 Å². The molecule has 1 aliphatic heterocycles. The second-order valence-corrected chi connectivity index (χ2v) is 25.1. The highest BCUT2D eigenvalue weighted by Crippen LogP contribution is 2.49. The topological polar surface area (TPSA) is 33.5 Å². The van der Waals surface area contributed by atoms with E-state index in [0.29, 0.717) is 18.5 Å². The van der Waals surface area contributed by atoms with Crippen LogP contribution in [0.5, 0.6) is 11.5 Å². The summed E-state index contributed by atoms with van der Waals surface area (Å²) in [7, 11) is 0. The van der Waals surface area contributed by atoms with Crippen molar-refractivity contribution in [3.8, 4) is 28.4 Å². The average molecular weight is 977 g/mol. The first kappa shape index (κ1) is 50.4. The summed E-state index contributed by atoms with van der Waals surface area (Å²) in [5.74, 6) is 3.09. The van der Waals surface area contributed by atoms with Crippen LogP contribution in [-0.4, -0.2) is 16.2 Å². The molecule has 74 heavy (non-hydrogen) atoms. The van der Waals surface area contributed by atoms with Crippen LogP contribution < -0.4 is 14.5 Å². The van der Waals surface area contributed by atoms with Crippen molar-refractivity contribution in [3.05, 3.63) is 203 Å². The maximum atomic E-state index is 7.27. The highest BCUT2D eigenvalue weighted by Gasteiger charge is 2.33. The van der Waals surface area contributed by atoms with Gasteiger partial charge in [-0.2, -0.15) is 0 Å². The van der Waals surface area contributed by atoms with Gasteiger partial charge in [0.1, 0.15) is 24.0 Å². The van der Waals surface area contributed by atoms with Crippen molar-refractivity contribution in [2.75, 3.05) is 16.5 Å². The number of anilines is 4. The van der Waals surface area contributed by atoms with E-state index < -0.39 is 0 Å². The number of hydrogen-bond donors (Lipinski definition) is 0. The van der Waals surface area contributed by atoms with Gasteiger partial charge in [0.15, 0.2) is 0 Å². The van der Waals surface area contributed by atoms with Crippen molar-refractivity contribution >= 4 is 44.6 Å². The van der Waals surface area contributed by atoms with E-state index in [9.17, 15) is 0 Å². The molecule has 0 N–H and O–H groups in total. The molecule has 0 aliphatic carbocycles. The number of fused-ring (bicyclic) bond motifs is 4. The summed E-state index contributed by atoms with van der Waals surface area (Å²) < 4.78 is 9.59. The summed E-state index contributed by atoms with van der Waals surface area (Å²) in [5.41, 5.74) is 18.0. The predicted octanol–water partition coefficient (Wildman–Crippen LogP) is 19.4. The molecule has 0 fully saturated rings. The molecule has 0 amide bonds. The number of ether oxygens (including phenoxy) is 1. The van der Waals surface area contributed by atoms with Crippen LogP contribution in [0.1, 0.15) is 155 Å². The lowest BCUT2D eigenvalue weighted by molar-refractivity contribution is 0.483. The molecule has 2 aromatic heterocycles. The molecule has 1 aliphatic rings. The number of pyridine rings is 1. The van der Waals surface area contributed by atoms with Gasteiger partial charge in [-0.05, 0) is 151 Å². The Labute approximate surface area is 441 Å². The van der Waals surface area contributed by atoms with E-state index >= 15 is 0 Å². The minimum atomic E-state index is -0.214. The summed E-state index contributed by atoms with van der Waals surface area (Å²) in [6.45, 7) is 35.2. The normalized spacial score (nSPS) is 13.5.